The molecule has 0 aliphatic carbocycles. The molecule has 0 radical (unpaired) electrons. The van der Waals surface area contributed by atoms with Crippen LogP contribution in [0.2, 0.25) is 0 Å². The number of hydrogen-bond donors (Lipinski definition) is 1. The van der Waals surface area contributed by atoms with Crippen molar-refractivity contribution in [3.05, 3.63) is 47.5 Å². The molecule has 1 atom stereocenters. The van der Waals surface area contributed by atoms with E-state index in [-0.39, 0.29) is 18.8 Å². The largest absolute Gasteiger partial charge is 0.460 e. The van der Waals surface area contributed by atoms with Gasteiger partial charge in [-0.2, -0.15) is 0 Å². The molecule has 122 valence electrons. The van der Waals surface area contributed by atoms with Crippen molar-refractivity contribution >= 4 is 5.97 Å². The van der Waals surface area contributed by atoms with E-state index >= 15 is 0 Å². The second-order valence-corrected chi connectivity index (χ2v) is 5.15. The lowest BCUT2D eigenvalue weighted by molar-refractivity contribution is -0.315. The van der Waals surface area contributed by atoms with Crippen LogP contribution in [0.15, 0.2) is 36.4 Å². The number of ether oxygens (including phenoxy) is 1. The van der Waals surface area contributed by atoms with Crippen LogP contribution >= 0.6 is 0 Å². The first-order valence-corrected chi connectivity index (χ1v) is 7.35. The lowest BCUT2D eigenvalue weighted by Gasteiger charge is -2.11. The molecule has 1 aromatic carbocycles. The average Bonchev–Trinajstić information content (AvgIpc) is 2.51. The fourth-order valence-corrected chi connectivity index (χ4v) is 1.67. The zero-order valence-corrected chi connectivity index (χ0v) is 13.2. The average molecular weight is 308 g/mol. The van der Waals surface area contributed by atoms with Gasteiger partial charge in [0.15, 0.2) is 0 Å². The van der Waals surface area contributed by atoms with E-state index < -0.39 is 12.1 Å². The van der Waals surface area contributed by atoms with Gasteiger partial charge in [-0.25, -0.2) is 14.6 Å². The molecule has 1 unspecified atom stereocenters. The van der Waals surface area contributed by atoms with E-state index in [1.165, 1.54) is 5.56 Å². The standard InChI is InChI=1S/C17H24O5/c1-4-5-14-6-8-15(9-7-14)10-21-22-12-16(18)11-20-17(19)13(2)3/h6-9,16,18H,2,4-5,10-12H2,1,3H3. The van der Waals surface area contributed by atoms with Gasteiger partial charge in [0.25, 0.3) is 0 Å². The number of aliphatic hydroxyl groups is 1. The molecule has 0 spiro atoms. The summed E-state index contributed by atoms with van der Waals surface area (Å²) in [7, 11) is 0. The summed E-state index contributed by atoms with van der Waals surface area (Å²) in [5.41, 5.74) is 2.57. The normalized spacial score (nSPS) is 12.0. The molecule has 22 heavy (non-hydrogen) atoms. The van der Waals surface area contributed by atoms with E-state index in [1.807, 2.05) is 12.1 Å². The number of benzene rings is 1. The number of carbonyl (C=O) groups excluding carboxylic acids is 1. The Hall–Kier alpha value is -1.69. The minimum atomic E-state index is -0.935. The van der Waals surface area contributed by atoms with Crippen molar-refractivity contribution in [2.45, 2.75) is 39.4 Å². The van der Waals surface area contributed by atoms with Crippen LogP contribution < -0.4 is 0 Å². The number of aliphatic hydroxyl groups excluding tert-OH is 1. The first-order chi connectivity index (χ1) is 10.5. The first kappa shape index (κ1) is 18.4. The molecule has 1 rings (SSSR count). The van der Waals surface area contributed by atoms with Gasteiger partial charge in [-0.15, -0.1) is 0 Å². The Morgan fingerprint density at radius 3 is 2.41 bits per heavy atom. The first-order valence-electron chi connectivity index (χ1n) is 7.35. The Labute approximate surface area is 131 Å². The molecule has 0 saturated carbocycles. The van der Waals surface area contributed by atoms with Crippen LogP contribution in [0.4, 0.5) is 0 Å². The highest BCUT2D eigenvalue weighted by molar-refractivity contribution is 5.86. The molecule has 0 heterocycles. The Balaban J connectivity index is 2.16. The third-order valence-electron chi connectivity index (χ3n) is 2.89. The van der Waals surface area contributed by atoms with E-state index in [9.17, 15) is 9.90 Å². The summed E-state index contributed by atoms with van der Waals surface area (Å²) in [5.74, 6) is -0.535. The van der Waals surface area contributed by atoms with Gasteiger partial charge in [0.1, 0.15) is 25.9 Å². The maximum absolute atomic E-state index is 11.1. The fraction of sp³-hybridized carbons (Fsp3) is 0.471. The summed E-state index contributed by atoms with van der Waals surface area (Å²) in [5, 5.41) is 9.56. The quantitative estimate of drug-likeness (QED) is 0.237. The summed E-state index contributed by atoms with van der Waals surface area (Å²) in [6.07, 6.45) is 1.25. The summed E-state index contributed by atoms with van der Waals surface area (Å²) in [6.45, 7) is 7.20. The zero-order valence-electron chi connectivity index (χ0n) is 13.2. The van der Waals surface area contributed by atoms with E-state index in [0.717, 1.165) is 18.4 Å². The highest BCUT2D eigenvalue weighted by Gasteiger charge is 2.10. The van der Waals surface area contributed by atoms with Gasteiger partial charge in [0.2, 0.25) is 0 Å². The third kappa shape index (κ3) is 7.36. The summed E-state index contributed by atoms with van der Waals surface area (Å²) < 4.78 is 4.79. The summed E-state index contributed by atoms with van der Waals surface area (Å²) >= 11 is 0. The lowest BCUT2D eigenvalue weighted by Crippen LogP contribution is -2.24. The SMILES string of the molecule is C=C(C)C(=O)OCC(O)COOCc1ccc(CCC)cc1. The number of hydrogen-bond acceptors (Lipinski definition) is 5. The van der Waals surface area contributed by atoms with Crippen molar-refractivity contribution in [2.24, 2.45) is 0 Å². The number of aryl methyl sites for hydroxylation is 1. The van der Waals surface area contributed by atoms with Crippen LogP contribution in [-0.4, -0.2) is 30.4 Å². The van der Waals surface area contributed by atoms with Crippen LogP contribution in [0.25, 0.3) is 0 Å². The molecule has 0 fully saturated rings. The minimum absolute atomic E-state index is 0.0720. The zero-order chi connectivity index (χ0) is 16.4. The molecule has 0 saturated heterocycles. The lowest BCUT2D eigenvalue weighted by atomic mass is 10.1. The second-order valence-electron chi connectivity index (χ2n) is 5.15. The van der Waals surface area contributed by atoms with Crippen molar-refractivity contribution in [2.75, 3.05) is 13.2 Å². The number of rotatable bonds is 10. The highest BCUT2D eigenvalue weighted by atomic mass is 17.2. The Morgan fingerprint density at radius 1 is 1.18 bits per heavy atom. The van der Waals surface area contributed by atoms with Crippen molar-refractivity contribution in [3.63, 3.8) is 0 Å². The van der Waals surface area contributed by atoms with E-state index in [2.05, 4.69) is 25.6 Å². The third-order valence-corrected chi connectivity index (χ3v) is 2.89. The van der Waals surface area contributed by atoms with Crippen molar-refractivity contribution in [3.8, 4) is 0 Å². The van der Waals surface area contributed by atoms with Crippen LogP contribution in [-0.2, 0) is 32.3 Å². The van der Waals surface area contributed by atoms with E-state index in [1.54, 1.807) is 6.92 Å². The maximum atomic E-state index is 11.1. The Kier molecular flexibility index (Phi) is 8.43. The highest BCUT2D eigenvalue weighted by Crippen LogP contribution is 2.08. The fourth-order valence-electron chi connectivity index (χ4n) is 1.67. The smallest absolute Gasteiger partial charge is 0.333 e. The van der Waals surface area contributed by atoms with Crippen LogP contribution in [0, 0.1) is 0 Å². The molecule has 0 amide bonds. The van der Waals surface area contributed by atoms with Crippen LogP contribution in [0.5, 0.6) is 0 Å². The number of esters is 1. The van der Waals surface area contributed by atoms with Gasteiger partial charge >= 0.3 is 5.97 Å². The molecular formula is C17H24O5. The van der Waals surface area contributed by atoms with Gasteiger partial charge in [0.05, 0.1) is 0 Å². The molecule has 5 heteroatoms. The predicted octanol–water partition coefficient (Wildman–Crippen LogP) is 2.57. The van der Waals surface area contributed by atoms with Crippen LogP contribution in [0.1, 0.15) is 31.4 Å². The van der Waals surface area contributed by atoms with Gasteiger partial charge < -0.3 is 9.84 Å². The molecule has 5 nitrogen and oxygen atoms in total. The Morgan fingerprint density at radius 2 is 1.82 bits per heavy atom. The molecular weight excluding hydrogens is 284 g/mol. The molecule has 0 aliphatic heterocycles. The van der Waals surface area contributed by atoms with E-state index in [4.69, 9.17) is 14.5 Å². The van der Waals surface area contributed by atoms with Crippen molar-refractivity contribution in [1.29, 1.82) is 0 Å². The van der Waals surface area contributed by atoms with Crippen LogP contribution in [0.3, 0.4) is 0 Å². The topological polar surface area (TPSA) is 65.0 Å². The van der Waals surface area contributed by atoms with Crippen molar-refractivity contribution in [1.82, 2.24) is 0 Å². The molecule has 0 aromatic heterocycles. The van der Waals surface area contributed by atoms with Gasteiger partial charge in [0, 0.05) is 5.57 Å². The molecule has 0 bridgehead atoms. The number of carbonyl (C=O) groups is 1. The second kappa shape index (κ2) is 10.1. The van der Waals surface area contributed by atoms with Gasteiger partial charge in [-0.05, 0) is 24.5 Å². The molecule has 1 N–H and O–H groups in total. The van der Waals surface area contributed by atoms with Gasteiger partial charge in [-0.1, -0.05) is 44.2 Å². The van der Waals surface area contributed by atoms with Crippen molar-refractivity contribution < 1.29 is 24.4 Å². The minimum Gasteiger partial charge on any atom is -0.460 e. The maximum Gasteiger partial charge on any atom is 0.333 e. The predicted molar refractivity (Wildman–Crippen MR) is 83.0 cm³/mol. The van der Waals surface area contributed by atoms with E-state index in [0.29, 0.717) is 6.61 Å². The molecule has 0 aliphatic rings. The monoisotopic (exact) mass is 308 g/mol. The summed E-state index contributed by atoms with van der Waals surface area (Å²) in [6, 6.07) is 8.10. The Bertz CT molecular complexity index is 466. The van der Waals surface area contributed by atoms with Gasteiger partial charge in [-0.3, -0.25) is 0 Å². The molecule has 1 aromatic rings. The summed E-state index contributed by atoms with van der Waals surface area (Å²) in [4.78, 5) is 21.1.